The quantitative estimate of drug-likeness (QED) is 0.647. The van der Waals surface area contributed by atoms with E-state index in [0.717, 1.165) is 0 Å². The third-order valence-electron chi connectivity index (χ3n) is 3.12. The fourth-order valence-corrected chi connectivity index (χ4v) is 2.31. The molecule has 0 fully saturated rings. The molecule has 0 radical (unpaired) electrons. The monoisotopic (exact) mass is 206 g/mol. The molecule has 0 aromatic heterocycles. The summed E-state index contributed by atoms with van der Waals surface area (Å²) in [4.78, 5) is 0. The van der Waals surface area contributed by atoms with E-state index >= 15 is 0 Å². The Hall–Kier alpha value is -1.82. The van der Waals surface area contributed by atoms with Crippen LogP contribution in [0.5, 0.6) is 0 Å². The van der Waals surface area contributed by atoms with E-state index in [2.05, 4.69) is 67.6 Å². The van der Waals surface area contributed by atoms with Crippen LogP contribution in [0, 0.1) is 5.92 Å². The van der Waals surface area contributed by atoms with Crippen molar-refractivity contribution in [3.05, 3.63) is 66.3 Å². The summed E-state index contributed by atoms with van der Waals surface area (Å²) in [6.45, 7) is 2.22. The molecule has 78 valence electrons. The molecule has 0 aliphatic heterocycles. The third kappa shape index (κ3) is 1.47. The molecule has 2 aromatic rings. The molecule has 3 rings (SSSR count). The molecule has 1 aliphatic rings. The zero-order chi connectivity index (χ0) is 11.0. The molecule has 0 saturated carbocycles. The van der Waals surface area contributed by atoms with Gasteiger partial charge in [0.05, 0.1) is 0 Å². The summed E-state index contributed by atoms with van der Waals surface area (Å²) in [6, 6.07) is 15.1. The minimum absolute atomic E-state index is 0.564. The molecule has 16 heavy (non-hydrogen) atoms. The largest absolute Gasteiger partial charge is 0.0773 e. The van der Waals surface area contributed by atoms with Crippen LogP contribution in [0.15, 0.2) is 60.7 Å². The van der Waals surface area contributed by atoms with Crippen molar-refractivity contribution in [1.82, 2.24) is 0 Å². The van der Waals surface area contributed by atoms with Crippen molar-refractivity contribution in [2.24, 2.45) is 5.92 Å². The Labute approximate surface area is 95.9 Å². The lowest BCUT2D eigenvalue weighted by atomic mass is 9.99. The minimum atomic E-state index is 0.564. The summed E-state index contributed by atoms with van der Waals surface area (Å²) >= 11 is 0. The number of allylic oxidation sites excluding steroid dienone is 4. The number of fused-ring (bicyclic) bond motifs is 1. The lowest BCUT2D eigenvalue weighted by Crippen LogP contribution is -1.83. The Morgan fingerprint density at radius 1 is 0.938 bits per heavy atom. The molecule has 1 atom stereocenters. The van der Waals surface area contributed by atoms with Crippen LogP contribution in [0.3, 0.4) is 0 Å². The van der Waals surface area contributed by atoms with Crippen molar-refractivity contribution in [1.29, 1.82) is 0 Å². The first kappa shape index (κ1) is 9.41. The predicted octanol–water partition coefficient (Wildman–Crippen LogP) is 4.43. The standard InChI is InChI=1S/C16H14/c1-12-9-10-14(11-12)16-8-4-6-13-5-2-3-7-15(13)16/h2-12H,1H3. The van der Waals surface area contributed by atoms with E-state index in [1.54, 1.807) is 0 Å². The summed E-state index contributed by atoms with van der Waals surface area (Å²) in [7, 11) is 0. The van der Waals surface area contributed by atoms with Crippen molar-refractivity contribution in [2.45, 2.75) is 6.92 Å². The van der Waals surface area contributed by atoms with Gasteiger partial charge in [-0.1, -0.05) is 67.6 Å². The van der Waals surface area contributed by atoms with Crippen molar-refractivity contribution in [3.8, 4) is 0 Å². The van der Waals surface area contributed by atoms with Crippen molar-refractivity contribution < 1.29 is 0 Å². The van der Waals surface area contributed by atoms with Crippen LogP contribution in [0.2, 0.25) is 0 Å². The van der Waals surface area contributed by atoms with Gasteiger partial charge in [0.1, 0.15) is 0 Å². The van der Waals surface area contributed by atoms with Crippen LogP contribution in [0.1, 0.15) is 12.5 Å². The van der Waals surface area contributed by atoms with Gasteiger partial charge in [0.15, 0.2) is 0 Å². The van der Waals surface area contributed by atoms with Gasteiger partial charge in [-0.05, 0) is 27.8 Å². The number of hydrogen-bond donors (Lipinski definition) is 0. The second-order valence-corrected chi connectivity index (χ2v) is 4.37. The molecule has 0 spiro atoms. The van der Waals surface area contributed by atoms with E-state index < -0.39 is 0 Å². The molecule has 0 heteroatoms. The van der Waals surface area contributed by atoms with Crippen LogP contribution in [-0.4, -0.2) is 0 Å². The molecule has 2 aromatic carbocycles. The van der Waals surface area contributed by atoms with Gasteiger partial charge in [0.2, 0.25) is 0 Å². The van der Waals surface area contributed by atoms with Crippen LogP contribution >= 0.6 is 0 Å². The second kappa shape index (κ2) is 3.64. The van der Waals surface area contributed by atoms with Gasteiger partial charge in [-0.2, -0.15) is 0 Å². The highest BCUT2D eigenvalue weighted by molar-refractivity contribution is 5.96. The van der Waals surface area contributed by atoms with Crippen molar-refractivity contribution >= 4 is 16.3 Å². The SMILES string of the molecule is CC1C=CC(c2cccc3ccccc23)=C1. The van der Waals surface area contributed by atoms with E-state index in [1.165, 1.54) is 21.9 Å². The van der Waals surface area contributed by atoms with Gasteiger partial charge in [0.25, 0.3) is 0 Å². The fraction of sp³-hybridized carbons (Fsp3) is 0.125. The lowest BCUT2D eigenvalue weighted by Gasteiger charge is -2.05. The van der Waals surface area contributed by atoms with Gasteiger partial charge in [-0.3, -0.25) is 0 Å². The highest BCUT2D eigenvalue weighted by Gasteiger charge is 2.08. The Balaban J connectivity index is 2.25. The maximum absolute atomic E-state index is 2.32. The van der Waals surface area contributed by atoms with E-state index in [-0.39, 0.29) is 0 Å². The summed E-state index contributed by atoms with van der Waals surface area (Å²) in [6.07, 6.45) is 6.80. The highest BCUT2D eigenvalue weighted by atomic mass is 14.1. The molecular weight excluding hydrogens is 192 g/mol. The Morgan fingerprint density at radius 2 is 1.75 bits per heavy atom. The summed E-state index contributed by atoms with van der Waals surface area (Å²) in [5.74, 6) is 0.564. The first-order valence-electron chi connectivity index (χ1n) is 5.73. The van der Waals surface area contributed by atoms with Crippen LogP contribution < -0.4 is 0 Å². The zero-order valence-corrected chi connectivity index (χ0v) is 9.35. The van der Waals surface area contributed by atoms with E-state index in [1.807, 2.05) is 0 Å². The number of rotatable bonds is 1. The van der Waals surface area contributed by atoms with Crippen molar-refractivity contribution in [3.63, 3.8) is 0 Å². The molecule has 1 unspecified atom stereocenters. The van der Waals surface area contributed by atoms with E-state index in [9.17, 15) is 0 Å². The highest BCUT2D eigenvalue weighted by Crippen LogP contribution is 2.30. The first-order valence-corrected chi connectivity index (χ1v) is 5.73. The Bertz CT molecular complexity index is 583. The zero-order valence-electron chi connectivity index (χ0n) is 9.35. The van der Waals surface area contributed by atoms with Gasteiger partial charge in [0, 0.05) is 0 Å². The van der Waals surface area contributed by atoms with Crippen LogP contribution in [0.25, 0.3) is 16.3 Å². The summed E-state index contributed by atoms with van der Waals surface area (Å²) < 4.78 is 0. The van der Waals surface area contributed by atoms with Crippen LogP contribution in [0.4, 0.5) is 0 Å². The molecule has 0 amide bonds. The molecular formula is C16H14. The number of benzene rings is 2. The summed E-state index contributed by atoms with van der Waals surface area (Å²) in [5, 5.41) is 2.66. The summed E-state index contributed by atoms with van der Waals surface area (Å²) in [5.41, 5.74) is 2.70. The number of hydrogen-bond acceptors (Lipinski definition) is 0. The molecule has 0 bridgehead atoms. The average Bonchev–Trinajstić information content (AvgIpc) is 2.75. The van der Waals surface area contributed by atoms with E-state index in [4.69, 9.17) is 0 Å². The maximum Gasteiger partial charge on any atom is -0.00693 e. The third-order valence-corrected chi connectivity index (χ3v) is 3.12. The van der Waals surface area contributed by atoms with Gasteiger partial charge in [-0.15, -0.1) is 0 Å². The van der Waals surface area contributed by atoms with E-state index in [0.29, 0.717) is 5.92 Å². The van der Waals surface area contributed by atoms with Gasteiger partial charge in [-0.25, -0.2) is 0 Å². The molecule has 0 saturated heterocycles. The maximum atomic E-state index is 2.32. The van der Waals surface area contributed by atoms with Crippen LogP contribution in [-0.2, 0) is 0 Å². The Morgan fingerprint density at radius 3 is 2.56 bits per heavy atom. The smallest absolute Gasteiger partial charge is 0.00693 e. The lowest BCUT2D eigenvalue weighted by molar-refractivity contribution is 0.959. The molecule has 0 heterocycles. The topological polar surface area (TPSA) is 0 Å². The fourth-order valence-electron chi connectivity index (χ4n) is 2.31. The van der Waals surface area contributed by atoms with Crippen molar-refractivity contribution in [2.75, 3.05) is 0 Å². The normalized spacial score (nSPS) is 19.1. The Kier molecular flexibility index (Phi) is 2.14. The molecule has 0 nitrogen and oxygen atoms in total. The molecule has 1 aliphatic carbocycles. The average molecular weight is 206 g/mol. The van der Waals surface area contributed by atoms with Gasteiger partial charge < -0.3 is 0 Å². The molecule has 0 N–H and O–H groups in total. The minimum Gasteiger partial charge on any atom is -0.0773 e. The first-order chi connectivity index (χ1) is 7.84. The van der Waals surface area contributed by atoms with Gasteiger partial charge >= 0.3 is 0 Å². The second-order valence-electron chi connectivity index (χ2n) is 4.37. The predicted molar refractivity (Wildman–Crippen MR) is 70.2 cm³/mol.